The van der Waals surface area contributed by atoms with Crippen molar-refractivity contribution in [2.24, 2.45) is 5.41 Å². The molecule has 2 saturated heterocycles. The third-order valence-corrected chi connectivity index (χ3v) is 7.44. The molecule has 0 atom stereocenters. The average Bonchev–Trinajstić information content (AvgIpc) is 2.80. The number of rotatable bonds is 6. The summed E-state index contributed by atoms with van der Waals surface area (Å²) < 4.78 is 20.3. The summed E-state index contributed by atoms with van der Waals surface area (Å²) >= 11 is 12.5. The lowest BCUT2D eigenvalue weighted by Crippen LogP contribution is -2.71. The predicted molar refractivity (Wildman–Crippen MR) is 137 cm³/mol. The molecule has 2 aliphatic heterocycles. The number of hydrogen-bond donors (Lipinski definition) is 3. The quantitative estimate of drug-likeness (QED) is 0.327. The van der Waals surface area contributed by atoms with Gasteiger partial charge in [0, 0.05) is 72.4 Å². The van der Waals surface area contributed by atoms with E-state index in [9.17, 15) is 9.65 Å². The van der Waals surface area contributed by atoms with E-state index in [0.717, 1.165) is 32.2 Å². The minimum atomic E-state index is -0.689. The van der Waals surface area contributed by atoms with Gasteiger partial charge in [-0.15, -0.1) is 0 Å². The van der Waals surface area contributed by atoms with Crippen molar-refractivity contribution in [2.45, 2.75) is 13.5 Å². The Bertz CT molecular complexity index is 1430. The van der Waals surface area contributed by atoms with Crippen LogP contribution in [0.4, 0.5) is 15.9 Å². The van der Waals surface area contributed by atoms with Gasteiger partial charge in [-0.25, -0.2) is 9.37 Å². The normalized spacial score (nSPS) is 15.7. The number of benzene rings is 1. The van der Waals surface area contributed by atoms with Gasteiger partial charge < -0.3 is 20.7 Å². The average molecular weight is 526 g/mol. The molecular weight excluding hydrogens is 504 g/mol. The van der Waals surface area contributed by atoms with Crippen LogP contribution >= 0.6 is 23.2 Å². The zero-order valence-electron chi connectivity index (χ0n) is 19.3. The van der Waals surface area contributed by atoms with Crippen LogP contribution in [0.5, 0.6) is 5.75 Å². The molecule has 1 aromatic carbocycles. The highest BCUT2D eigenvalue weighted by Gasteiger charge is 2.48. The highest BCUT2D eigenvalue weighted by atomic mass is 35.5. The first-order valence-electron chi connectivity index (χ1n) is 11.2. The van der Waals surface area contributed by atoms with E-state index >= 15 is 0 Å². The van der Waals surface area contributed by atoms with E-state index in [2.05, 4.69) is 26.3 Å². The second kappa shape index (κ2) is 9.21. The molecule has 2 fully saturated rings. The highest BCUT2D eigenvalue weighted by Crippen LogP contribution is 2.38. The van der Waals surface area contributed by atoms with Crippen LogP contribution in [-0.2, 0) is 6.61 Å². The topological polar surface area (TPSA) is 124 Å². The summed E-state index contributed by atoms with van der Waals surface area (Å²) in [7, 11) is 0. The van der Waals surface area contributed by atoms with E-state index in [0.29, 0.717) is 38.2 Å². The molecule has 0 unspecified atom stereocenters. The summed E-state index contributed by atoms with van der Waals surface area (Å²) in [4.78, 5) is 10.6. The molecule has 0 amide bonds. The number of aromatic nitrogens is 2. The van der Waals surface area contributed by atoms with Gasteiger partial charge >= 0.3 is 0 Å². The second-order valence-electron chi connectivity index (χ2n) is 9.18. The number of pyridine rings is 2. The van der Waals surface area contributed by atoms with Crippen LogP contribution in [0.15, 0.2) is 30.6 Å². The Morgan fingerprint density at radius 2 is 2.03 bits per heavy atom. The SMILES string of the molecule is Cc1ncc(Cl)c(COc2cc(C(=N)c3cnc(N4CC5(CNC5)C4)c(C#N)c3)c(N)cc2F)c1Cl. The first kappa shape index (κ1) is 24.3. The molecule has 2 aromatic heterocycles. The number of nitrogens with one attached hydrogen (secondary N) is 2. The van der Waals surface area contributed by atoms with Crippen molar-refractivity contribution >= 4 is 40.4 Å². The fourth-order valence-corrected chi connectivity index (χ4v) is 4.94. The minimum Gasteiger partial charge on any atom is -0.486 e. The van der Waals surface area contributed by atoms with Crippen molar-refractivity contribution < 1.29 is 9.13 Å². The van der Waals surface area contributed by atoms with Gasteiger partial charge in [-0.3, -0.25) is 10.4 Å². The summed E-state index contributed by atoms with van der Waals surface area (Å²) in [5, 5.41) is 22.3. The third-order valence-electron chi connectivity index (χ3n) is 6.62. The van der Waals surface area contributed by atoms with Crippen molar-refractivity contribution in [3.63, 3.8) is 0 Å². The van der Waals surface area contributed by atoms with Crippen molar-refractivity contribution in [2.75, 3.05) is 36.8 Å². The van der Waals surface area contributed by atoms with Crippen LogP contribution in [0.3, 0.4) is 0 Å². The molecular formula is C25H22Cl2FN7O. The van der Waals surface area contributed by atoms with Gasteiger partial charge in [0.2, 0.25) is 0 Å². The lowest BCUT2D eigenvalue weighted by Gasteiger charge is -2.56. The van der Waals surface area contributed by atoms with Crippen LogP contribution in [0.25, 0.3) is 0 Å². The fraction of sp³-hybridized carbons (Fsp3) is 0.280. The molecule has 4 N–H and O–H groups in total. The van der Waals surface area contributed by atoms with Gasteiger partial charge in [0.15, 0.2) is 11.6 Å². The Kier molecular flexibility index (Phi) is 6.20. The van der Waals surface area contributed by atoms with Crippen LogP contribution in [0, 0.1) is 34.9 Å². The first-order chi connectivity index (χ1) is 17.2. The standard InChI is InChI=1S/C25H22Cl2FN7O/c1-13-22(27)17(18(26)7-33-13)8-36-21-3-16(20(30)4-19(21)28)23(31)15-2-14(5-29)24(34-6-15)35-11-25(12-35)9-32-10-25/h2-4,6-7,31-32H,8-12,30H2,1H3. The highest BCUT2D eigenvalue weighted by molar-refractivity contribution is 6.36. The van der Waals surface area contributed by atoms with Gasteiger partial charge in [0.1, 0.15) is 18.5 Å². The molecule has 1 spiro atoms. The van der Waals surface area contributed by atoms with Crippen LogP contribution in [0.2, 0.25) is 10.0 Å². The monoisotopic (exact) mass is 525 g/mol. The number of nitrogens with zero attached hydrogens (tertiary/aromatic N) is 4. The molecule has 0 bridgehead atoms. The molecule has 0 aliphatic carbocycles. The molecule has 8 nitrogen and oxygen atoms in total. The van der Waals surface area contributed by atoms with E-state index in [1.54, 1.807) is 13.0 Å². The number of aryl methyl sites for hydroxylation is 1. The Hall–Kier alpha value is -3.45. The van der Waals surface area contributed by atoms with Crippen molar-refractivity contribution in [3.05, 3.63) is 74.4 Å². The maximum atomic E-state index is 14.7. The fourth-order valence-electron chi connectivity index (χ4n) is 4.49. The number of ether oxygens (including phenoxy) is 1. The number of anilines is 2. The van der Waals surface area contributed by atoms with E-state index in [-0.39, 0.29) is 34.7 Å². The summed E-state index contributed by atoms with van der Waals surface area (Å²) in [5.41, 5.74) is 8.43. The number of nitrogens with two attached hydrogens (primary N) is 1. The molecule has 0 saturated carbocycles. The number of nitriles is 1. The van der Waals surface area contributed by atoms with E-state index in [1.807, 2.05) is 0 Å². The van der Waals surface area contributed by atoms with Gasteiger partial charge in [-0.05, 0) is 19.1 Å². The van der Waals surface area contributed by atoms with E-state index in [1.165, 1.54) is 18.5 Å². The van der Waals surface area contributed by atoms with Crippen molar-refractivity contribution in [3.8, 4) is 11.8 Å². The Morgan fingerprint density at radius 3 is 2.69 bits per heavy atom. The zero-order valence-corrected chi connectivity index (χ0v) is 20.8. The van der Waals surface area contributed by atoms with Gasteiger partial charge in [0.05, 0.1) is 27.0 Å². The number of hydrogen-bond acceptors (Lipinski definition) is 8. The van der Waals surface area contributed by atoms with Crippen LogP contribution < -0.4 is 20.7 Å². The van der Waals surface area contributed by atoms with E-state index in [4.69, 9.17) is 39.1 Å². The predicted octanol–water partition coefficient (Wildman–Crippen LogP) is 4.09. The number of nitrogen functional groups attached to an aromatic ring is 1. The largest absolute Gasteiger partial charge is 0.486 e. The zero-order chi connectivity index (χ0) is 25.6. The summed E-state index contributed by atoms with van der Waals surface area (Å²) in [6.07, 6.45) is 2.99. The maximum absolute atomic E-state index is 14.7. The minimum absolute atomic E-state index is 0.00741. The van der Waals surface area contributed by atoms with Gasteiger partial charge in [-0.1, -0.05) is 23.2 Å². The van der Waals surface area contributed by atoms with Gasteiger partial charge in [-0.2, -0.15) is 5.26 Å². The summed E-state index contributed by atoms with van der Waals surface area (Å²) in [6, 6.07) is 6.24. The molecule has 184 valence electrons. The lowest BCUT2D eigenvalue weighted by atomic mass is 9.74. The molecule has 2 aliphatic rings. The smallest absolute Gasteiger partial charge is 0.167 e. The Morgan fingerprint density at radius 1 is 1.28 bits per heavy atom. The Labute approximate surface area is 217 Å². The summed E-state index contributed by atoms with van der Waals surface area (Å²) in [5.74, 6) is -0.204. The Balaban J connectivity index is 1.39. The second-order valence-corrected chi connectivity index (χ2v) is 9.97. The molecule has 4 heterocycles. The molecule has 5 rings (SSSR count). The van der Waals surface area contributed by atoms with Crippen LogP contribution in [-0.4, -0.2) is 41.9 Å². The molecule has 36 heavy (non-hydrogen) atoms. The van der Waals surface area contributed by atoms with E-state index < -0.39 is 5.82 Å². The third kappa shape index (κ3) is 4.22. The maximum Gasteiger partial charge on any atom is 0.167 e. The van der Waals surface area contributed by atoms with Crippen LogP contribution in [0.1, 0.15) is 27.9 Å². The van der Waals surface area contributed by atoms with Crippen molar-refractivity contribution in [1.29, 1.82) is 10.7 Å². The van der Waals surface area contributed by atoms with Crippen molar-refractivity contribution in [1.82, 2.24) is 15.3 Å². The first-order valence-corrected chi connectivity index (χ1v) is 11.9. The lowest BCUT2D eigenvalue weighted by molar-refractivity contribution is 0.120. The summed E-state index contributed by atoms with van der Waals surface area (Å²) in [6.45, 7) is 5.26. The molecule has 0 radical (unpaired) electrons. The van der Waals surface area contributed by atoms with Gasteiger partial charge in [0.25, 0.3) is 0 Å². The molecule has 3 aromatic rings. The number of halogens is 3. The molecule has 11 heteroatoms.